The highest BCUT2D eigenvalue weighted by Crippen LogP contribution is 2.48. The van der Waals surface area contributed by atoms with Gasteiger partial charge in [0.2, 0.25) is 10.0 Å². The van der Waals surface area contributed by atoms with Crippen LogP contribution in [0.1, 0.15) is 46.6 Å². The Hall–Kier alpha value is -4.02. The zero-order valence-corrected chi connectivity index (χ0v) is 35.6. The van der Waals surface area contributed by atoms with Gasteiger partial charge in [-0.2, -0.15) is 4.31 Å². The lowest BCUT2D eigenvalue weighted by molar-refractivity contribution is -0.150. The first-order valence-electron chi connectivity index (χ1n) is 19.6. The van der Waals surface area contributed by atoms with E-state index >= 15 is 0 Å². The molecule has 0 spiro atoms. The Morgan fingerprint density at radius 1 is 0.931 bits per heavy atom. The molecule has 58 heavy (non-hydrogen) atoms. The largest absolute Gasteiger partial charge is 0.497 e. The summed E-state index contributed by atoms with van der Waals surface area (Å²) in [6.45, 7) is 10.8. The number of hydrogen-bond donors (Lipinski definition) is 2. The van der Waals surface area contributed by atoms with Crippen molar-refractivity contribution >= 4 is 35.0 Å². The molecular weight excluding hydrogens is 790 g/mol. The van der Waals surface area contributed by atoms with Gasteiger partial charge in [-0.1, -0.05) is 51.1 Å². The van der Waals surface area contributed by atoms with Crippen molar-refractivity contribution in [1.29, 1.82) is 0 Å². The molecule has 2 N–H and O–H groups in total. The van der Waals surface area contributed by atoms with Gasteiger partial charge in [0, 0.05) is 32.2 Å². The molecule has 0 bridgehead atoms. The molecule has 2 aliphatic rings. The van der Waals surface area contributed by atoms with Gasteiger partial charge < -0.3 is 38.8 Å². The number of alkyl carbamates (subject to hydrolysis) is 1. The molecule has 2 fully saturated rings. The fourth-order valence-corrected chi connectivity index (χ4v) is 10.1. The molecule has 0 saturated carbocycles. The Kier molecular flexibility index (Phi) is 16.2. The van der Waals surface area contributed by atoms with Crippen molar-refractivity contribution in [1.82, 2.24) is 14.9 Å². The van der Waals surface area contributed by atoms with E-state index in [0.717, 1.165) is 12.0 Å². The van der Waals surface area contributed by atoms with Crippen molar-refractivity contribution in [3.63, 3.8) is 0 Å². The maximum atomic E-state index is 14.2. The van der Waals surface area contributed by atoms with Gasteiger partial charge >= 0.3 is 19.7 Å². The lowest BCUT2D eigenvalue weighted by Gasteiger charge is -2.32. The minimum atomic E-state index is -4.06. The number of esters is 1. The fraction of sp³-hybridized carbons (Fsp3) is 0.512. The first-order chi connectivity index (χ1) is 27.7. The molecule has 2 aliphatic heterocycles. The molecule has 5 rings (SSSR count). The summed E-state index contributed by atoms with van der Waals surface area (Å²) in [5.41, 5.74) is 0.807. The van der Waals surface area contributed by atoms with E-state index in [4.69, 9.17) is 32.7 Å². The quantitative estimate of drug-likeness (QED) is 0.102. The van der Waals surface area contributed by atoms with Crippen LogP contribution in [-0.4, -0.2) is 95.9 Å². The number of rotatable bonds is 21. The smallest absolute Gasteiger partial charge is 0.411 e. The van der Waals surface area contributed by atoms with Gasteiger partial charge in [-0.25, -0.2) is 22.6 Å². The van der Waals surface area contributed by atoms with Crippen molar-refractivity contribution in [2.45, 2.75) is 77.0 Å². The second-order valence-corrected chi connectivity index (χ2v) is 18.6. The number of nitrogens with zero attached hydrogens (tertiary/aromatic N) is 1. The molecule has 0 radical (unpaired) electrons. The number of sulfonamides is 1. The van der Waals surface area contributed by atoms with E-state index in [2.05, 4.69) is 10.6 Å². The summed E-state index contributed by atoms with van der Waals surface area (Å²) in [5, 5.41) is 6.62. The second-order valence-electron chi connectivity index (χ2n) is 14.8. The van der Waals surface area contributed by atoms with Crippen LogP contribution >= 0.6 is 7.60 Å². The van der Waals surface area contributed by atoms with E-state index in [-0.39, 0.29) is 67.1 Å². The van der Waals surface area contributed by atoms with E-state index < -0.39 is 47.9 Å². The molecule has 318 valence electrons. The Labute approximate surface area is 341 Å². The third-order valence-corrected chi connectivity index (χ3v) is 13.6. The number of hydrogen-bond acceptors (Lipinski definition) is 13. The van der Waals surface area contributed by atoms with Crippen LogP contribution in [0.2, 0.25) is 0 Å². The van der Waals surface area contributed by atoms with Gasteiger partial charge in [-0.05, 0) is 86.2 Å². The number of methoxy groups -OCH3 is 1. The predicted molar refractivity (Wildman–Crippen MR) is 216 cm³/mol. The zero-order valence-electron chi connectivity index (χ0n) is 33.9. The SMILES string of the molecule is CCOC(=O)[C@@H](C)OP(=O)(Oc1ccccc1)c1ccc(CNC[C@H](NC(=O)O[C@H]2CO[C@H]3OCC[C@H]32)[C@H](C)CN(CC(C)C)S(=O)(=O)c2ccc(OC)cc2)cc1. The van der Waals surface area contributed by atoms with Gasteiger partial charge in [0.15, 0.2) is 12.4 Å². The number of carbonyl (C=O) groups excluding carboxylic acids is 2. The average Bonchev–Trinajstić information content (AvgIpc) is 3.83. The summed E-state index contributed by atoms with van der Waals surface area (Å²) in [4.78, 5) is 26.0. The van der Waals surface area contributed by atoms with Crippen LogP contribution in [-0.2, 0) is 49.4 Å². The first-order valence-corrected chi connectivity index (χ1v) is 22.5. The summed E-state index contributed by atoms with van der Waals surface area (Å²) in [6.07, 6.45) is -1.93. The molecule has 17 heteroatoms. The van der Waals surface area contributed by atoms with Gasteiger partial charge in [0.1, 0.15) is 17.6 Å². The molecule has 0 aromatic heterocycles. The average molecular weight is 846 g/mol. The van der Waals surface area contributed by atoms with Gasteiger partial charge in [0.05, 0.1) is 43.0 Å². The number of benzene rings is 3. The van der Waals surface area contributed by atoms with Crippen LogP contribution in [0.4, 0.5) is 4.79 Å². The number of nitrogens with one attached hydrogen (secondary N) is 2. The molecule has 1 unspecified atom stereocenters. The minimum absolute atomic E-state index is 0.0220. The van der Waals surface area contributed by atoms with E-state index in [9.17, 15) is 22.6 Å². The number of para-hydroxylation sites is 1. The lowest BCUT2D eigenvalue weighted by atomic mass is 10.0. The van der Waals surface area contributed by atoms with Crippen molar-refractivity contribution in [3.05, 3.63) is 84.4 Å². The van der Waals surface area contributed by atoms with E-state index in [1.807, 2.05) is 20.8 Å². The number of ether oxygens (including phenoxy) is 5. The van der Waals surface area contributed by atoms with Crippen molar-refractivity contribution < 1.29 is 55.3 Å². The van der Waals surface area contributed by atoms with Gasteiger partial charge in [-0.3, -0.25) is 4.52 Å². The molecule has 2 heterocycles. The summed E-state index contributed by atoms with van der Waals surface area (Å²) in [6, 6.07) is 21.0. The van der Waals surface area contributed by atoms with Crippen LogP contribution in [0.3, 0.4) is 0 Å². The second kappa shape index (κ2) is 20.8. The van der Waals surface area contributed by atoms with Crippen LogP contribution in [0.25, 0.3) is 0 Å². The summed E-state index contributed by atoms with van der Waals surface area (Å²) in [5.74, 6) is -0.225. The highest BCUT2D eigenvalue weighted by atomic mass is 32.2. The maximum Gasteiger partial charge on any atom is 0.411 e. The third kappa shape index (κ3) is 12.0. The zero-order chi connectivity index (χ0) is 41.9. The molecule has 3 aromatic rings. The Bertz CT molecular complexity index is 1940. The van der Waals surface area contributed by atoms with Crippen molar-refractivity contribution in [2.75, 3.05) is 46.6 Å². The molecule has 3 aromatic carbocycles. The Morgan fingerprint density at radius 3 is 2.29 bits per heavy atom. The summed E-state index contributed by atoms with van der Waals surface area (Å²) < 4.78 is 82.7. The maximum absolute atomic E-state index is 14.2. The molecule has 1 amide bonds. The fourth-order valence-electron chi connectivity index (χ4n) is 6.72. The van der Waals surface area contributed by atoms with Crippen molar-refractivity contribution in [3.8, 4) is 11.5 Å². The Morgan fingerprint density at radius 2 is 1.64 bits per heavy atom. The standard InChI is InChI=1S/C41H56N3O12PS/c1-7-51-39(45)30(5)55-57(47,56-33-11-9-8-10-12-33)34-17-13-31(14-18-34)23-42-24-37(43-41(46)54-38-27-53-40-36(38)21-22-52-40)29(4)26-44(25-28(2)3)58(48,49)35-19-15-32(50-6)16-20-35/h8-20,28-30,36-38,40,42H,7,21-27H2,1-6H3,(H,43,46)/t29-,30-,36+,37+,38+,40-,57?/m1/s1. The summed E-state index contributed by atoms with van der Waals surface area (Å²) in [7, 11) is -6.45. The monoisotopic (exact) mass is 845 g/mol. The van der Waals surface area contributed by atoms with Crippen LogP contribution in [0.15, 0.2) is 83.8 Å². The number of carbonyl (C=O) groups is 2. The summed E-state index contributed by atoms with van der Waals surface area (Å²) >= 11 is 0. The van der Waals surface area contributed by atoms with E-state index in [1.165, 1.54) is 30.5 Å². The minimum Gasteiger partial charge on any atom is -0.497 e. The molecule has 7 atom stereocenters. The normalized spacial score (nSPS) is 20.4. The van der Waals surface area contributed by atoms with E-state index in [1.54, 1.807) is 73.7 Å². The van der Waals surface area contributed by atoms with Crippen LogP contribution in [0.5, 0.6) is 11.5 Å². The van der Waals surface area contributed by atoms with Gasteiger partial charge in [0.25, 0.3) is 0 Å². The molecular formula is C41H56N3O12PS. The molecule has 15 nitrogen and oxygen atoms in total. The lowest BCUT2D eigenvalue weighted by Crippen LogP contribution is -2.51. The van der Waals surface area contributed by atoms with Gasteiger partial charge in [-0.15, -0.1) is 0 Å². The number of fused-ring (bicyclic) bond motifs is 1. The Balaban J connectivity index is 1.31. The van der Waals surface area contributed by atoms with E-state index in [0.29, 0.717) is 24.7 Å². The predicted octanol–water partition coefficient (Wildman–Crippen LogP) is 5.49. The molecule has 0 aliphatic carbocycles. The van der Waals surface area contributed by atoms with Crippen molar-refractivity contribution in [2.24, 2.45) is 17.8 Å². The molecule has 2 saturated heterocycles. The van der Waals surface area contributed by atoms with Crippen LogP contribution < -0.4 is 25.2 Å². The first kappa shape index (κ1) is 45.1. The topological polar surface area (TPSA) is 177 Å². The number of amides is 1. The third-order valence-electron chi connectivity index (χ3n) is 9.82. The highest BCUT2D eigenvalue weighted by molar-refractivity contribution is 7.89. The van der Waals surface area contributed by atoms with Crippen LogP contribution in [0, 0.1) is 17.8 Å². The highest BCUT2D eigenvalue weighted by Gasteiger charge is 2.44.